The number of hydrogen-bond donors (Lipinski definition) is 0. The van der Waals surface area contributed by atoms with Crippen LogP contribution in [0.4, 0.5) is 0 Å². The molecule has 42 heavy (non-hydrogen) atoms. The second kappa shape index (κ2) is 10.0. The summed E-state index contributed by atoms with van der Waals surface area (Å²) in [6.45, 7) is 0. The Morgan fingerprint density at radius 1 is 0.357 bits per heavy atom. The molecule has 0 aliphatic rings. The van der Waals surface area contributed by atoms with Gasteiger partial charge in [-0.3, -0.25) is 4.98 Å². The Balaban J connectivity index is 1.38. The first-order valence-corrected chi connectivity index (χ1v) is 14.0. The predicted octanol–water partition coefficient (Wildman–Crippen LogP) is 9.39. The highest BCUT2D eigenvalue weighted by molar-refractivity contribution is 6.08. The van der Waals surface area contributed by atoms with Gasteiger partial charge in [-0.1, -0.05) is 121 Å². The van der Waals surface area contributed by atoms with Crippen molar-refractivity contribution in [1.29, 1.82) is 0 Å². The Morgan fingerprint density at radius 2 is 1.00 bits per heavy atom. The van der Waals surface area contributed by atoms with Gasteiger partial charge >= 0.3 is 0 Å². The van der Waals surface area contributed by atoms with Crippen LogP contribution in [-0.4, -0.2) is 19.9 Å². The van der Waals surface area contributed by atoms with Gasteiger partial charge in [0.05, 0.1) is 5.52 Å². The summed E-state index contributed by atoms with van der Waals surface area (Å²) >= 11 is 0. The molecular weight excluding hydrogens is 512 g/mol. The fourth-order valence-corrected chi connectivity index (χ4v) is 5.73. The summed E-state index contributed by atoms with van der Waals surface area (Å²) in [5.74, 6) is 1.85. The second-order valence-electron chi connectivity index (χ2n) is 10.3. The SMILES string of the molecule is c1ccc(-c2ccccc2-c2nc(-c3ccc4c(ccc5ccccc54)c3)nc(-c3cccc4cccnc34)n2)cc1. The molecule has 0 atom stereocenters. The highest BCUT2D eigenvalue weighted by atomic mass is 15.0. The highest BCUT2D eigenvalue weighted by Gasteiger charge is 2.17. The molecule has 0 aliphatic heterocycles. The Hall–Kier alpha value is -5.74. The minimum atomic E-state index is 0.598. The van der Waals surface area contributed by atoms with Crippen LogP contribution in [0.25, 0.3) is 77.7 Å². The van der Waals surface area contributed by atoms with Gasteiger partial charge in [-0.25, -0.2) is 15.0 Å². The fourth-order valence-electron chi connectivity index (χ4n) is 5.73. The lowest BCUT2D eigenvalue weighted by Gasteiger charge is -2.13. The molecule has 2 heterocycles. The standard InChI is InChI=1S/C38H24N4/c1-2-10-25(11-3-1)31-16-6-7-17-33(31)37-40-36(41-38(42-37)34-18-8-13-27-14-9-23-39-35(27)34)29-21-22-32-28(24-29)20-19-26-12-4-5-15-30(26)32/h1-24H. The van der Waals surface area contributed by atoms with E-state index in [2.05, 4.69) is 109 Å². The summed E-state index contributed by atoms with van der Waals surface area (Å²) in [5, 5.41) is 5.85. The summed E-state index contributed by atoms with van der Waals surface area (Å²) in [7, 11) is 0. The lowest BCUT2D eigenvalue weighted by atomic mass is 9.98. The third-order valence-corrected chi connectivity index (χ3v) is 7.76. The maximum absolute atomic E-state index is 5.09. The Morgan fingerprint density at radius 3 is 1.90 bits per heavy atom. The van der Waals surface area contributed by atoms with Gasteiger partial charge in [-0.2, -0.15) is 0 Å². The van der Waals surface area contributed by atoms with Crippen molar-refractivity contribution >= 4 is 32.4 Å². The van der Waals surface area contributed by atoms with Crippen molar-refractivity contribution in [3.05, 3.63) is 146 Å². The third-order valence-electron chi connectivity index (χ3n) is 7.76. The number of para-hydroxylation sites is 1. The van der Waals surface area contributed by atoms with Crippen molar-refractivity contribution in [2.24, 2.45) is 0 Å². The van der Waals surface area contributed by atoms with Crippen molar-refractivity contribution in [3.63, 3.8) is 0 Å². The first-order chi connectivity index (χ1) is 20.8. The van der Waals surface area contributed by atoms with Crippen LogP contribution in [0.5, 0.6) is 0 Å². The van der Waals surface area contributed by atoms with Crippen LogP contribution in [-0.2, 0) is 0 Å². The van der Waals surface area contributed by atoms with Crippen LogP contribution in [0, 0.1) is 0 Å². The molecule has 8 rings (SSSR count). The number of nitrogens with zero attached hydrogens (tertiary/aromatic N) is 4. The van der Waals surface area contributed by atoms with E-state index in [0.29, 0.717) is 17.5 Å². The number of rotatable bonds is 4. The molecule has 0 unspecified atom stereocenters. The number of fused-ring (bicyclic) bond motifs is 4. The van der Waals surface area contributed by atoms with Crippen LogP contribution >= 0.6 is 0 Å². The molecular formula is C38H24N4. The lowest BCUT2D eigenvalue weighted by molar-refractivity contribution is 1.08. The molecule has 0 bridgehead atoms. The van der Waals surface area contributed by atoms with Crippen LogP contribution in [0.1, 0.15) is 0 Å². The Bertz CT molecular complexity index is 2250. The molecule has 0 saturated carbocycles. The minimum absolute atomic E-state index is 0.598. The van der Waals surface area contributed by atoms with Gasteiger partial charge in [-0.15, -0.1) is 0 Å². The van der Waals surface area contributed by atoms with E-state index in [4.69, 9.17) is 19.9 Å². The summed E-state index contributed by atoms with van der Waals surface area (Å²) in [5.41, 5.74) is 5.82. The minimum Gasteiger partial charge on any atom is -0.255 e. The van der Waals surface area contributed by atoms with E-state index in [1.54, 1.807) is 0 Å². The summed E-state index contributed by atoms with van der Waals surface area (Å²) in [4.78, 5) is 19.9. The van der Waals surface area contributed by atoms with Gasteiger partial charge < -0.3 is 0 Å². The normalized spacial score (nSPS) is 11.3. The molecule has 4 nitrogen and oxygen atoms in total. The number of benzene rings is 6. The van der Waals surface area contributed by atoms with Crippen molar-refractivity contribution in [3.8, 4) is 45.3 Å². The first-order valence-electron chi connectivity index (χ1n) is 14.0. The zero-order valence-corrected chi connectivity index (χ0v) is 22.6. The fraction of sp³-hybridized carbons (Fsp3) is 0. The van der Waals surface area contributed by atoms with Crippen molar-refractivity contribution in [1.82, 2.24) is 19.9 Å². The number of hydrogen-bond acceptors (Lipinski definition) is 4. The van der Waals surface area contributed by atoms with Crippen LogP contribution in [0.3, 0.4) is 0 Å². The topological polar surface area (TPSA) is 51.6 Å². The zero-order valence-electron chi connectivity index (χ0n) is 22.6. The first kappa shape index (κ1) is 24.1. The molecule has 8 aromatic rings. The van der Waals surface area contributed by atoms with E-state index in [-0.39, 0.29) is 0 Å². The Kier molecular flexibility index (Phi) is 5.75. The van der Waals surface area contributed by atoms with Gasteiger partial charge in [0, 0.05) is 28.3 Å². The number of aromatic nitrogens is 4. The molecule has 2 aromatic heterocycles. The lowest BCUT2D eigenvalue weighted by Crippen LogP contribution is -2.01. The molecule has 0 N–H and O–H groups in total. The van der Waals surface area contributed by atoms with E-state index in [1.165, 1.54) is 16.2 Å². The molecule has 196 valence electrons. The Labute approximate surface area is 243 Å². The highest BCUT2D eigenvalue weighted by Crippen LogP contribution is 2.34. The monoisotopic (exact) mass is 536 g/mol. The predicted molar refractivity (Wildman–Crippen MR) is 172 cm³/mol. The zero-order chi connectivity index (χ0) is 27.9. The molecule has 0 spiro atoms. The summed E-state index contributed by atoms with van der Waals surface area (Å²) < 4.78 is 0. The molecule has 0 fully saturated rings. The van der Waals surface area contributed by atoms with Gasteiger partial charge in [0.25, 0.3) is 0 Å². The molecule has 0 aliphatic carbocycles. The quantitative estimate of drug-likeness (QED) is 0.210. The van der Waals surface area contributed by atoms with E-state index < -0.39 is 0 Å². The smallest absolute Gasteiger partial charge is 0.166 e. The van der Waals surface area contributed by atoms with Gasteiger partial charge in [0.15, 0.2) is 17.5 Å². The largest absolute Gasteiger partial charge is 0.255 e. The molecule has 0 saturated heterocycles. The molecule has 0 radical (unpaired) electrons. The maximum atomic E-state index is 5.09. The van der Waals surface area contributed by atoms with Crippen molar-refractivity contribution < 1.29 is 0 Å². The maximum Gasteiger partial charge on any atom is 0.166 e. The van der Waals surface area contributed by atoms with Crippen LogP contribution in [0.15, 0.2) is 146 Å². The van der Waals surface area contributed by atoms with Crippen molar-refractivity contribution in [2.45, 2.75) is 0 Å². The number of pyridine rings is 1. The molecule has 6 aromatic carbocycles. The summed E-state index contributed by atoms with van der Waals surface area (Å²) in [6.07, 6.45) is 1.81. The van der Waals surface area contributed by atoms with E-state index in [1.807, 2.05) is 36.5 Å². The summed E-state index contributed by atoms with van der Waals surface area (Å²) in [6, 6.07) is 48.1. The van der Waals surface area contributed by atoms with E-state index in [0.717, 1.165) is 44.1 Å². The van der Waals surface area contributed by atoms with E-state index in [9.17, 15) is 0 Å². The molecule has 0 amide bonds. The van der Waals surface area contributed by atoms with E-state index >= 15 is 0 Å². The molecule has 4 heteroatoms. The van der Waals surface area contributed by atoms with Gasteiger partial charge in [0.1, 0.15) is 0 Å². The van der Waals surface area contributed by atoms with Gasteiger partial charge in [0.2, 0.25) is 0 Å². The van der Waals surface area contributed by atoms with Crippen LogP contribution < -0.4 is 0 Å². The van der Waals surface area contributed by atoms with Gasteiger partial charge in [-0.05, 0) is 50.9 Å². The second-order valence-corrected chi connectivity index (χ2v) is 10.3. The van der Waals surface area contributed by atoms with Crippen LogP contribution in [0.2, 0.25) is 0 Å². The average molecular weight is 537 g/mol. The third kappa shape index (κ3) is 4.18. The average Bonchev–Trinajstić information content (AvgIpc) is 3.08. The van der Waals surface area contributed by atoms with Crippen molar-refractivity contribution in [2.75, 3.05) is 0 Å².